The fourth-order valence-electron chi connectivity index (χ4n) is 10.3. The maximum Gasteiger partial charge on any atom is 0.519 e. The van der Waals surface area contributed by atoms with Crippen molar-refractivity contribution in [3.63, 3.8) is 0 Å². The molecule has 0 bridgehead atoms. The van der Waals surface area contributed by atoms with Gasteiger partial charge in [0.15, 0.2) is 0 Å². The molecular formula is C59H48O6. The third-order valence-electron chi connectivity index (χ3n) is 13.4. The molecule has 8 aromatic rings. The fourth-order valence-corrected chi connectivity index (χ4v) is 10.3. The van der Waals surface area contributed by atoms with E-state index in [0.717, 1.165) is 59.3 Å². The highest BCUT2D eigenvalue weighted by molar-refractivity contribution is 5.86. The molecule has 0 amide bonds. The lowest BCUT2D eigenvalue weighted by molar-refractivity contribution is -0.131. The average molecular weight is 853 g/mol. The molecule has 6 nitrogen and oxygen atoms in total. The maximum absolute atomic E-state index is 13.0. The van der Waals surface area contributed by atoms with Gasteiger partial charge in [-0.05, 0) is 128 Å². The van der Waals surface area contributed by atoms with E-state index in [1.165, 1.54) is 52.3 Å². The van der Waals surface area contributed by atoms with Gasteiger partial charge >= 0.3 is 12.1 Å². The molecule has 0 spiro atoms. The molecule has 1 saturated carbocycles. The van der Waals surface area contributed by atoms with E-state index in [9.17, 15) is 9.59 Å². The molecule has 2 aliphatic carbocycles. The second-order valence-electron chi connectivity index (χ2n) is 17.0. The van der Waals surface area contributed by atoms with Crippen LogP contribution in [0.15, 0.2) is 194 Å². The minimum absolute atomic E-state index is 0.172. The number of carbonyl (C=O) groups excluding carboxylic acids is 2. The Kier molecular flexibility index (Phi) is 11.1. The lowest BCUT2D eigenvalue weighted by atomic mass is 9.65. The first-order valence-electron chi connectivity index (χ1n) is 22.3. The Hall–Kier alpha value is -7.70. The largest absolute Gasteiger partial charge is 0.519 e. The highest BCUT2D eigenvalue weighted by Crippen LogP contribution is 2.56. The lowest BCUT2D eigenvalue weighted by Crippen LogP contribution is -2.30. The quantitative estimate of drug-likeness (QED) is 0.0775. The number of benzene rings is 8. The molecule has 0 aliphatic heterocycles. The fraction of sp³-hybridized carbons (Fsp3) is 0.153. The van der Waals surface area contributed by atoms with Gasteiger partial charge in [0.05, 0.1) is 12.5 Å². The number of carbonyl (C=O) groups is 2. The Balaban J connectivity index is 0.865. The summed E-state index contributed by atoms with van der Waals surface area (Å²) in [5.74, 6) is 1.83. The average Bonchev–Trinajstić information content (AvgIpc) is 3.66. The van der Waals surface area contributed by atoms with E-state index in [4.69, 9.17) is 18.9 Å². The normalized spacial score (nSPS) is 14.4. The van der Waals surface area contributed by atoms with Crippen molar-refractivity contribution in [2.75, 3.05) is 7.11 Å². The third-order valence-corrected chi connectivity index (χ3v) is 13.4. The number of fused-ring (bicyclic) bond motifs is 3. The van der Waals surface area contributed by atoms with Gasteiger partial charge in [-0.3, -0.25) is 4.79 Å². The summed E-state index contributed by atoms with van der Waals surface area (Å²) in [5.41, 5.74) is 13.3. The molecule has 10 rings (SSSR count). The van der Waals surface area contributed by atoms with Gasteiger partial charge in [-0.15, -0.1) is 0 Å². The molecule has 2 aliphatic rings. The van der Waals surface area contributed by atoms with Crippen LogP contribution in [0.1, 0.15) is 72.4 Å². The molecule has 0 unspecified atom stereocenters. The standard InChI is InChI=1S/C59H48O6/c1-40(60)63-50-34-26-45(27-35-50)58(38-8-3-9-39-58)46-28-36-52(37-29-46)65-57(61)64-51-32-20-44(21-33-51)42-16-24-48(25-17-42)59(55-12-6-4-10-53(55)54-11-5-7-13-56(54)59)47-22-14-41(15-23-47)43-18-30-49(62-2)31-19-43/h4-7,10-37H,3,8-9,38-39H2,1-2H3. The Morgan fingerprint density at radius 2 is 0.754 bits per heavy atom. The van der Waals surface area contributed by atoms with Gasteiger partial charge in [0.2, 0.25) is 0 Å². The van der Waals surface area contributed by atoms with Gasteiger partial charge in [0.25, 0.3) is 0 Å². The van der Waals surface area contributed by atoms with Crippen molar-refractivity contribution in [1.29, 1.82) is 0 Å². The predicted octanol–water partition coefficient (Wildman–Crippen LogP) is 14.1. The molecule has 6 heteroatoms. The second kappa shape index (κ2) is 17.5. The number of hydrogen-bond acceptors (Lipinski definition) is 6. The van der Waals surface area contributed by atoms with E-state index in [1.54, 1.807) is 19.2 Å². The van der Waals surface area contributed by atoms with E-state index in [2.05, 4.69) is 121 Å². The minimum atomic E-state index is -0.803. The van der Waals surface area contributed by atoms with E-state index in [0.29, 0.717) is 17.2 Å². The zero-order chi connectivity index (χ0) is 44.4. The van der Waals surface area contributed by atoms with Crippen molar-refractivity contribution in [3.05, 3.63) is 228 Å². The van der Waals surface area contributed by atoms with Crippen LogP contribution in [0.25, 0.3) is 33.4 Å². The Morgan fingerprint density at radius 1 is 0.400 bits per heavy atom. The highest BCUT2D eigenvalue weighted by atomic mass is 16.7. The molecular weight excluding hydrogens is 805 g/mol. The summed E-state index contributed by atoms with van der Waals surface area (Å²) in [4.78, 5) is 24.5. The number of esters is 1. The van der Waals surface area contributed by atoms with Crippen molar-refractivity contribution >= 4 is 12.1 Å². The van der Waals surface area contributed by atoms with Crippen molar-refractivity contribution in [2.24, 2.45) is 0 Å². The molecule has 0 heterocycles. The first-order valence-corrected chi connectivity index (χ1v) is 22.3. The van der Waals surface area contributed by atoms with Gasteiger partial charge in [-0.2, -0.15) is 0 Å². The lowest BCUT2D eigenvalue weighted by Gasteiger charge is -2.38. The summed E-state index contributed by atoms with van der Waals surface area (Å²) in [5, 5.41) is 0. The summed E-state index contributed by atoms with van der Waals surface area (Å²) in [6.07, 6.45) is 4.64. The van der Waals surface area contributed by atoms with Gasteiger partial charge in [-0.25, -0.2) is 4.79 Å². The van der Waals surface area contributed by atoms with E-state index in [-0.39, 0.29) is 11.4 Å². The molecule has 65 heavy (non-hydrogen) atoms. The van der Waals surface area contributed by atoms with Crippen LogP contribution >= 0.6 is 0 Å². The molecule has 8 aromatic carbocycles. The summed E-state index contributed by atoms with van der Waals surface area (Å²) in [7, 11) is 1.69. The SMILES string of the molecule is COc1ccc(-c2ccc(C3(c4ccc(-c5ccc(OC(=O)Oc6ccc(C7(c8ccc(OC(C)=O)cc8)CCCCC7)cc6)cc5)cc4)c4ccccc4-c4ccccc43)cc2)cc1. The number of methoxy groups -OCH3 is 1. The van der Waals surface area contributed by atoms with Crippen molar-refractivity contribution in [1.82, 2.24) is 0 Å². The minimum Gasteiger partial charge on any atom is -0.497 e. The van der Waals surface area contributed by atoms with Crippen LogP contribution < -0.4 is 18.9 Å². The van der Waals surface area contributed by atoms with Crippen LogP contribution in [-0.2, 0) is 15.6 Å². The third kappa shape index (κ3) is 7.76. The van der Waals surface area contributed by atoms with Crippen molar-refractivity contribution in [3.8, 4) is 56.4 Å². The molecule has 1 fully saturated rings. The molecule has 0 saturated heterocycles. The van der Waals surface area contributed by atoms with E-state index < -0.39 is 11.6 Å². The second-order valence-corrected chi connectivity index (χ2v) is 17.0. The van der Waals surface area contributed by atoms with E-state index in [1.807, 2.05) is 60.7 Å². The highest BCUT2D eigenvalue weighted by Gasteiger charge is 2.46. The molecule has 320 valence electrons. The van der Waals surface area contributed by atoms with Crippen LogP contribution in [0.4, 0.5) is 4.79 Å². The van der Waals surface area contributed by atoms with Crippen LogP contribution in [0.3, 0.4) is 0 Å². The molecule has 0 N–H and O–H groups in total. The zero-order valence-electron chi connectivity index (χ0n) is 36.5. The Labute approximate surface area is 380 Å². The topological polar surface area (TPSA) is 71.1 Å². The Morgan fingerprint density at radius 3 is 1.17 bits per heavy atom. The van der Waals surface area contributed by atoms with Crippen molar-refractivity contribution < 1.29 is 28.5 Å². The first kappa shape index (κ1) is 41.3. The van der Waals surface area contributed by atoms with Crippen LogP contribution in [0, 0.1) is 0 Å². The molecule has 0 radical (unpaired) electrons. The monoisotopic (exact) mass is 852 g/mol. The molecule has 0 atom stereocenters. The van der Waals surface area contributed by atoms with Crippen LogP contribution in [0.2, 0.25) is 0 Å². The first-order chi connectivity index (χ1) is 31.8. The van der Waals surface area contributed by atoms with Gasteiger partial charge in [0, 0.05) is 12.3 Å². The van der Waals surface area contributed by atoms with Crippen molar-refractivity contribution in [2.45, 2.75) is 49.9 Å². The van der Waals surface area contributed by atoms with Gasteiger partial charge < -0.3 is 18.9 Å². The van der Waals surface area contributed by atoms with Crippen LogP contribution in [-0.4, -0.2) is 19.2 Å². The molecule has 0 aromatic heterocycles. The van der Waals surface area contributed by atoms with Gasteiger partial charge in [-0.1, -0.05) is 165 Å². The summed E-state index contributed by atoms with van der Waals surface area (Å²) >= 11 is 0. The summed E-state index contributed by atoms with van der Waals surface area (Å²) in [6.45, 7) is 1.40. The number of rotatable bonds is 10. The van der Waals surface area contributed by atoms with Crippen LogP contribution in [0.5, 0.6) is 23.0 Å². The van der Waals surface area contributed by atoms with E-state index >= 15 is 0 Å². The number of ether oxygens (including phenoxy) is 4. The summed E-state index contributed by atoms with van der Waals surface area (Å²) in [6, 6.07) is 66.6. The number of hydrogen-bond donors (Lipinski definition) is 0. The van der Waals surface area contributed by atoms with Gasteiger partial charge in [0.1, 0.15) is 23.0 Å². The maximum atomic E-state index is 13.0. The zero-order valence-corrected chi connectivity index (χ0v) is 36.5. The smallest absolute Gasteiger partial charge is 0.497 e. The summed E-state index contributed by atoms with van der Waals surface area (Å²) < 4.78 is 22.0. The predicted molar refractivity (Wildman–Crippen MR) is 256 cm³/mol. The Bertz CT molecular complexity index is 2920.